The lowest BCUT2D eigenvalue weighted by Gasteiger charge is -2.21. The molecule has 0 spiro atoms. The summed E-state index contributed by atoms with van der Waals surface area (Å²) in [4.78, 5) is 0. The first-order valence-electron chi connectivity index (χ1n) is 19.6. The quantitative estimate of drug-likeness (QED) is 0.166. The largest absolute Gasteiger partial charge is 0.456 e. The average molecular weight is 713 g/mol. The molecular weight excluding hydrogens is 677 g/mol. The summed E-state index contributed by atoms with van der Waals surface area (Å²) in [5.74, 6) is 0. The van der Waals surface area contributed by atoms with Crippen molar-refractivity contribution >= 4 is 65.0 Å². The highest BCUT2D eigenvalue weighted by Gasteiger charge is 2.36. The fourth-order valence-corrected chi connectivity index (χ4v) is 10.1. The first-order valence-corrected chi connectivity index (χ1v) is 19.6. The van der Waals surface area contributed by atoms with Crippen LogP contribution in [0.4, 0.5) is 0 Å². The molecule has 0 fully saturated rings. The van der Waals surface area contributed by atoms with Crippen LogP contribution in [0.1, 0.15) is 25.0 Å². The number of furan rings is 1. The SMILES string of the molecule is CC1(C)c2ccccc2-c2cc3oc4cc(-c5cccc(-c6c7ccccc7c(-c7cccc8ccccc78)c7ccccc67)c5)c5ccccc5c4c3cc21. The van der Waals surface area contributed by atoms with Crippen LogP contribution >= 0.6 is 0 Å². The average Bonchev–Trinajstić information content (AvgIpc) is 3.72. The maximum Gasteiger partial charge on any atom is 0.136 e. The lowest BCUT2D eigenvalue weighted by molar-refractivity contribution is 0.658. The van der Waals surface area contributed by atoms with Gasteiger partial charge in [0.15, 0.2) is 0 Å². The Balaban J connectivity index is 1.09. The molecule has 12 rings (SSSR count). The number of hydrogen-bond donors (Lipinski definition) is 0. The Morgan fingerprint density at radius 3 is 1.66 bits per heavy atom. The first-order chi connectivity index (χ1) is 27.5. The Labute approximate surface area is 325 Å². The highest BCUT2D eigenvalue weighted by molar-refractivity contribution is 6.25. The molecule has 10 aromatic carbocycles. The van der Waals surface area contributed by atoms with Gasteiger partial charge in [-0.1, -0.05) is 172 Å². The van der Waals surface area contributed by atoms with Crippen LogP contribution in [0.15, 0.2) is 186 Å². The number of rotatable bonds is 3. The van der Waals surface area contributed by atoms with Crippen molar-refractivity contribution in [2.24, 2.45) is 0 Å². The van der Waals surface area contributed by atoms with Crippen LogP contribution < -0.4 is 0 Å². The minimum Gasteiger partial charge on any atom is -0.456 e. The highest BCUT2D eigenvalue weighted by atomic mass is 16.3. The summed E-state index contributed by atoms with van der Waals surface area (Å²) in [5.41, 5.74) is 14.5. The monoisotopic (exact) mass is 712 g/mol. The van der Waals surface area contributed by atoms with E-state index in [0.717, 1.165) is 11.2 Å². The smallest absolute Gasteiger partial charge is 0.136 e. The second-order valence-electron chi connectivity index (χ2n) is 16.0. The zero-order valence-corrected chi connectivity index (χ0v) is 31.2. The highest BCUT2D eigenvalue weighted by Crippen LogP contribution is 2.52. The molecule has 1 nitrogen and oxygen atoms in total. The van der Waals surface area contributed by atoms with Crippen molar-refractivity contribution in [2.75, 3.05) is 0 Å². The summed E-state index contributed by atoms with van der Waals surface area (Å²) in [5, 5.41) is 12.4. The summed E-state index contributed by atoms with van der Waals surface area (Å²) in [7, 11) is 0. The summed E-state index contributed by atoms with van der Waals surface area (Å²) in [6.45, 7) is 4.69. The summed E-state index contributed by atoms with van der Waals surface area (Å²) in [6, 6.07) is 67.1. The van der Waals surface area contributed by atoms with Crippen molar-refractivity contribution in [1.29, 1.82) is 0 Å². The van der Waals surface area contributed by atoms with Crippen LogP contribution in [-0.2, 0) is 5.41 Å². The number of benzene rings is 10. The van der Waals surface area contributed by atoms with Crippen molar-refractivity contribution in [1.82, 2.24) is 0 Å². The van der Waals surface area contributed by atoms with E-state index in [1.165, 1.54) is 109 Å². The van der Waals surface area contributed by atoms with E-state index >= 15 is 0 Å². The summed E-state index contributed by atoms with van der Waals surface area (Å²) < 4.78 is 6.85. The lowest BCUT2D eigenvalue weighted by Crippen LogP contribution is -2.14. The van der Waals surface area contributed by atoms with Crippen LogP contribution in [0, 0.1) is 0 Å². The van der Waals surface area contributed by atoms with Crippen LogP contribution in [0.25, 0.3) is 110 Å². The molecule has 11 aromatic rings. The van der Waals surface area contributed by atoms with Crippen LogP contribution in [-0.4, -0.2) is 0 Å². The van der Waals surface area contributed by atoms with Gasteiger partial charge < -0.3 is 4.42 Å². The molecule has 56 heavy (non-hydrogen) atoms. The van der Waals surface area contributed by atoms with E-state index in [9.17, 15) is 0 Å². The molecule has 1 aromatic heterocycles. The van der Waals surface area contributed by atoms with Crippen molar-refractivity contribution in [3.63, 3.8) is 0 Å². The predicted molar refractivity (Wildman–Crippen MR) is 238 cm³/mol. The van der Waals surface area contributed by atoms with E-state index in [4.69, 9.17) is 4.42 Å². The molecule has 0 saturated heterocycles. The Kier molecular flexibility index (Phi) is 6.46. The van der Waals surface area contributed by atoms with Gasteiger partial charge in [0.25, 0.3) is 0 Å². The minimum absolute atomic E-state index is 0.0820. The van der Waals surface area contributed by atoms with Crippen molar-refractivity contribution in [2.45, 2.75) is 19.3 Å². The normalized spacial score (nSPS) is 13.3. The molecule has 1 heteroatoms. The Bertz CT molecular complexity index is 3390. The van der Waals surface area contributed by atoms with Gasteiger partial charge in [-0.3, -0.25) is 0 Å². The lowest BCUT2D eigenvalue weighted by atomic mass is 9.82. The first kappa shape index (κ1) is 31.4. The predicted octanol–water partition coefficient (Wildman–Crippen LogP) is 15.5. The third-order valence-electron chi connectivity index (χ3n) is 12.6. The molecule has 0 aliphatic heterocycles. The molecule has 1 heterocycles. The molecule has 0 saturated carbocycles. The Morgan fingerprint density at radius 2 is 0.893 bits per heavy atom. The van der Waals surface area contributed by atoms with Gasteiger partial charge in [-0.05, 0) is 123 Å². The number of hydrogen-bond acceptors (Lipinski definition) is 1. The maximum absolute atomic E-state index is 6.85. The fraction of sp³-hybridized carbons (Fsp3) is 0.0545. The topological polar surface area (TPSA) is 13.1 Å². The third kappa shape index (κ3) is 4.31. The van der Waals surface area contributed by atoms with Crippen LogP contribution in [0.5, 0.6) is 0 Å². The second kappa shape index (κ2) is 11.5. The van der Waals surface area contributed by atoms with E-state index < -0.39 is 0 Å². The van der Waals surface area contributed by atoms with E-state index in [0.29, 0.717) is 0 Å². The van der Waals surface area contributed by atoms with E-state index in [1.807, 2.05) is 0 Å². The number of fused-ring (bicyclic) bond motifs is 11. The van der Waals surface area contributed by atoms with Crippen molar-refractivity contribution in [3.8, 4) is 44.5 Å². The van der Waals surface area contributed by atoms with Crippen LogP contribution in [0.3, 0.4) is 0 Å². The molecule has 262 valence electrons. The van der Waals surface area contributed by atoms with E-state index in [-0.39, 0.29) is 5.41 Å². The standard InChI is InChI=1S/C55H36O/c1-55(2)48-28-12-11-21-38(48)46-32-50-47(30-49(46)55)54-40-22-6-5-20-37(40)45(31-51(54)56-50)34-17-13-18-35(29-34)52-41-23-7-9-25-43(41)53(44-26-10-8-24-42(44)52)39-27-14-16-33-15-3-4-19-36(33)39/h3-32H,1-2H3. The molecular formula is C55H36O. The molecule has 0 unspecified atom stereocenters. The van der Waals surface area contributed by atoms with Gasteiger partial charge >= 0.3 is 0 Å². The molecule has 1 aliphatic rings. The Morgan fingerprint density at radius 1 is 0.339 bits per heavy atom. The molecule has 0 bridgehead atoms. The molecule has 0 radical (unpaired) electrons. The zero-order valence-electron chi connectivity index (χ0n) is 31.2. The summed E-state index contributed by atoms with van der Waals surface area (Å²) in [6.07, 6.45) is 0. The van der Waals surface area contributed by atoms with Gasteiger partial charge in [0.1, 0.15) is 11.2 Å². The fourth-order valence-electron chi connectivity index (χ4n) is 10.1. The van der Waals surface area contributed by atoms with Gasteiger partial charge in [-0.2, -0.15) is 0 Å². The van der Waals surface area contributed by atoms with Gasteiger partial charge in [0.05, 0.1) is 0 Å². The molecule has 0 amide bonds. The van der Waals surface area contributed by atoms with Crippen molar-refractivity contribution in [3.05, 3.63) is 193 Å². The van der Waals surface area contributed by atoms with Gasteiger partial charge in [-0.15, -0.1) is 0 Å². The van der Waals surface area contributed by atoms with E-state index in [1.54, 1.807) is 0 Å². The second-order valence-corrected chi connectivity index (χ2v) is 16.0. The molecule has 0 N–H and O–H groups in total. The van der Waals surface area contributed by atoms with Crippen molar-refractivity contribution < 1.29 is 4.42 Å². The Hall–Kier alpha value is -6.96. The maximum atomic E-state index is 6.85. The van der Waals surface area contributed by atoms with Gasteiger partial charge in [0, 0.05) is 16.2 Å². The third-order valence-corrected chi connectivity index (χ3v) is 12.6. The van der Waals surface area contributed by atoms with Gasteiger partial charge in [0.2, 0.25) is 0 Å². The summed E-state index contributed by atoms with van der Waals surface area (Å²) >= 11 is 0. The zero-order chi connectivity index (χ0) is 37.1. The van der Waals surface area contributed by atoms with E-state index in [2.05, 4.69) is 196 Å². The molecule has 0 atom stereocenters. The minimum atomic E-state index is -0.0820. The molecule has 1 aliphatic carbocycles. The van der Waals surface area contributed by atoms with Gasteiger partial charge in [-0.25, -0.2) is 0 Å². The van der Waals surface area contributed by atoms with Crippen LogP contribution in [0.2, 0.25) is 0 Å².